The highest BCUT2D eigenvalue weighted by molar-refractivity contribution is 5.29. The van der Waals surface area contributed by atoms with Crippen LogP contribution in [0.5, 0.6) is 0 Å². The first-order valence-electron chi connectivity index (χ1n) is 8.24. The van der Waals surface area contributed by atoms with Crippen molar-refractivity contribution in [2.24, 2.45) is 5.92 Å². The molecule has 0 saturated heterocycles. The van der Waals surface area contributed by atoms with E-state index < -0.39 is 0 Å². The lowest BCUT2D eigenvalue weighted by molar-refractivity contribution is 0.429. The monoisotopic (exact) mass is 275 g/mol. The third kappa shape index (κ3) is 4.94. The summed E-state index contributed by atoms with van der Waals surface area (Å²) in [5, 5.41) is 3.69. The van der Waals surface area contributed by atoms with Gasteiger partial charge in [-0.05, 0) is 48.3 Å². The SMILES string of the molecule is CCCNC(CC(C)C)c1ccc(C(C)(C)CC)cc1. The average molecular weight is 275 g/mol. The Kier molecular flexibility index (Phi) is 6.75. The number of benzene rings is 1. The normalized spacial score (nSPS) is 13.8. The zero-order valence-corrected chi connectivity index (χ0v) is 14.3. The average Bonchev–Trinajstić information content (AvgIpc) is 2.43. The van der Waals surface area contributed by atoms with Crippen molar-refractivity contribution in [2.75, 3.05) is 6.54 Å². The minimum absolute atomic E-state index is 0.281. The maximum absolute atomic E-state index is 3.69. The fraction of sp³-hybridized carbons (Fsp3) is 0.684. The molecule has 0 bridgehead atoms. The van der Waals surface area contributed by atoms with Crippen LogP contribution in [0, 0.1) is 5.92 Å². The van der Waals surface area contributed by atoms with Crippen LogP contribution in [0.2, 0.25) is 0 Å². The van der Waals surface area contributed by atoms with Gasteiger partial charge in [0.25, 0.3) is 0 Å². The summed E-state index contributed by atoms with van der Waals surface area (Å²) in [7, 11) is 0. The molecule has 0 aliphatic heterocycles. The molecule has 0 amide bonds. The Morgan fingerprint density at radius 3 is 2.10 bits per heavy atom. The molecule has 0 spiro atoms. The maximum atomic E-state index is 3.69. The van der Waals surface area contributed by atoms with Gasteiger partial charge in [0.15, 0.2) is 0 Å². The predicted octanol–water partition coefficient (Wildman–Crippen LogP) is 5.46. The summed E-state index contributed by atoms with van der Waals surface area (Å²) in [6.45, 7) is 14.8. The molecule has 20 heavy (non-hydrogen) atoms. The second-order valence-corrected chi connectivity index (χ2v) is 7.00. The molecule has 0 heterocycles. The Hall–Kier alpha value is -0.820. The van der Waals surface area contributed by atoms with E-state index in [9.17, 15) is 0 Å². The van der Waals surface area contributed by atoms with Crippen molar-refractivity contribution in [1.29, 1.82) is 0 Å². The van der Waals surface area contributed by atoms with Crippen molar-refractivity contribution in [1.82, 2.24) is 5.32 Å². The van der Waals surface area contributed by atoms with E-state index in [4.69, 9.17) is 0 Å². The molecule has 1 nitrogen and oxygen atoms in total. The third-order valence-electron chi connectivity index (χ3n) is 4.33. The van der Waals surface area contributed by atoms with Crippen molar-refractivity contribution >= 4 is 0 Å². The first-order valence-corrected chi connectivity index (χ1v) is 8.24. The molecule has 1 rings (SSSR count). The summed E-state index contributed by atoms with van der Waals surface area (Å²) >= 11 is 0. The molecule has 0 aliphatic rings. The molecule has 0 saturated carbocycles. The van der Waals surface area contributed by atoms with Crippen LogP contribution in [-0.4, -0.2) is 6.54 Å². The Morgan fingerprint density at radius 2 is 1.65 bits per heavy atom. The first-order chi connectivity index (χ1) is 9.40. The third-order valence-corrected chi connectivity index (χ3v) is 4.33. The smallest absolute Gasteiger partial charge is 0.0322 e. The summed E-state index contributed by atoms with van der Waals surface area (Å²) in [6.07, 6.45) is 3.57. The Balaban J connectivity index is 2.86. The maximum Gasteiger partial charge on any atom is 0.0322 e. The van der Waals surface area contributed by atoms with Crippen LogP contribution in [0.1, 0.15) is 78.0 Å². The van der Waals surface area contributed by atoms with Gasteiger partial charge in [-0.1, -0.05) is 65.8 Å². The van der Waals surface area contributed by atoms with Gasteiger partial charge < -0.3 is 5.32 Å². The molecule has 1 atom stereocenters. The molecule has 0 radical (unpaired) electrons. The minimum Gasteiger partial charge on any atom is -0.310 e. The van der Waals surface area contributed by atoms with Gasteiger partial charge in [-0.15, -0.1) is 0 Å². The van der Waals surface area contributed by atoms with Crippen LogP contribution in [-0.2, 0) is 5.41 Å². The standard InChI is InChI=1S/C19H33N/c1-7-13-20-18(14-15(3)4)16-9-11-17(12-10-16)19(5,6)8-2/h9-12,15,18,20H,7-8,13-14H2,1-6H3. The van der Waals surface area contributed by atoms with Crippen molar-refractivity contribution in [3.63, 3.8) is 0 Å². The van der Waals surface area contributed by atoms with E-state index in [1.54, 1.807) is 0 Å². The summed E-state index contributed by atoms with van der Waals surface area (Å²) < 4.78 is 0. The fourth-order valence-corrected chi connectivity index (χ4v) is 2.50. The number of hydrogen-bond donors (Lipinski definition) is 1. The van der Waals surface area contributed by atoms with Crippen molar-refractivity contribution in [3.8, 4) is 0 Å². The highest BCUT2D eigenvalue weighted by atomic mass is 14.9. The Labute approximate surface area is 126 Å². The first kappa shape index (κ1) is 17.2. The van der Waals surface area contributed by atoms with Crippen molar-refractivity contribution in [3.05, 3.63) is 35.4 Å². The second kappa shape index (κ2) is 7.83. The fourth-order valence-electron chi connectivity index (χ4n) is 2.50. The van der Waals surface area contributed by atoms with E-state index in [2.05, 4.69) is 71.1 Å². The van der Waals surface area contributed by atoms with E-state index >= 15 is 0 Å². The number of nitrogens with one attached hydrogen (secondary N) is 1. The highest BCUT2D eigenvalue weighted by Gasteiger charge is 2.19. The number of rotatable bonds is 8. The zero-order chi connectivity index (χ0) is 15.2. The van der Waals surface area contributed by atoms with Gasteiger partial charge in [0.2, 0.25) is 0 Å². The molecule has 1 N–H and O–H groups in total. The lowest BCUT2D eigenvalue weighted by Crippen LogP contribution is -2.24. The zero-order valence-electron chi connectivity index (χ0n) is 14.3. The summed E-state index contributed by atoms with van der Waals surface area (Å²) in [5.74, 6) is 0.719. The van der Waals surface area contributed by atoms with Crippen molar-refractivity contribution in [2.45, 2.75) is 72.3 Å². The minimum atomic E-state index is 0.281. The Bertz CT molecular complexity index is 375. The molecule has 0 aliphatic carbocycles. The summed E-state index contributed by atoms with van der Waals surface area (Å²) in [5.41, 5.74) is 3.16. The quantitative estimate of drug-likeness (QED) is 0.664. The van der Waals surface area contributed by atoms with Gasteiger partial charge in [-0.25, -0.2) is 0 Å². The van der Waals surface area contributed by atoms with Gasteiger partial charge >= 0.3 is 0 Å². The van der Waals surface area contributed by atoms with Crippen LogP contribution in [0.4, 0.5) is 0 Å². The molecule has 1 aromatic carbocycles. The predicted molar refractivity (Wildman–Crippen MR) is 90.2 cm³/mol. The Morgan fingerprint density at radius 1 is 1.05 bits per heavy atom. The summed E-state index contributed by atoms with van der Waals surface area (Å²) in [4.78, 5) is 0. The van der Waals surface area contributed by atoms with Crippen LogP contribution in [0.3, 0.4) is 0 Å². The van der Waals surface area contributed by atoms with E-state index in [0.29, 0.717) is 6.04 Å². The molecular formula is C19H33N. The molecule has 0 fully saturated rings. The molecule has 114 valence electrons. The van der Waals surface area contributed by atoms with E-state index in [-0.39, 0.29) is 5.41 Å². The molecule has 1 unspecified atom stereocenters. The molecule has 1 aromatic rings. The lowest BCUT2D eigenvalue weighted by atomic mass is 9.81. The van der Waals surface area contributed by atoms with Crippen LogP contribution in [0.15, 0.2) is 24.3 Å². The van der Waals surface area contributed by atoms with Gasteiger partial charge in [0.1, 0.15) is 0 Å². The van der Waals surface area contributed by atoms with Gasteiger partial charge in [0, 0.05) is 6.04 Å². The lowest BCUT2D eigenvalue weighted by Gasteiger charge is -2.25. The van der Waals surface area contributed by atoms with Crippen LogP contribution >= 0.6 is 0 Å². The second-order valence-electron chi connectivity index (χ2n) is 7.00. The largest absolute Gasteiger partial charge is 0.310 e. The van der Waals surface area contributed by atoms with Gasteiger partial charge in [0.05, 0.1) is 0 Å². The topological polar surface area (TPSA) is 12.0 Å². The molecule has 0 aromatic heterocycles. The van der Waals surface area contributed by atoms with E-state index in [1.165, 1.54) is 30.4 Å². The van der Waals surface area contributed by atoms with Gasteiger partial charge in [-0.2, -0.15) is 0 Å². The van der Waals surface area contributed by atoms with Gasteiger partial charge in [-0.3, -0.25) is 0 Å². The van der Waals surface area contributed by atoms with E-state index in [1.807, 2.05) is 0 Å². The van der Waals surface area contributed by atoms with Crippen LogP contribution in [0.25, 0.3) is 0 Å². The molecule has 1 heteroatoms. The summed E-state index contributed by atoms with van der Waals surface area (Å²) in [6, 6.07) is 9.78. The van der Waals surface area contributed by atoms with Crippen LogP contribution < -0.4 is 5.32 Å². The number of hydrogen-bond acceptors (Lipinski definition) is 1. The molecular weight excluding hydrogens is 242 g/mol. The van der Waals surface area contributed by atoms with Crippen molar-refractivity contribution < 1.29 is 0 Å². The van der Waals surface area contributed by atoms with E-state index in [0.717, 1.165) is 12.5 Å². The highest BCUT2D eigenvalue weighted by Crippen LogP contribution is 2.29.